The predicted molar refractivity (Wildman–Crippen MR) is 137 cm³/mol. The van der Waals surface area contributed by atoms with Gasteiger partial charge >= 0.3 is 0 Å². The first-order valence-electron chi connectivity index (χ1n) is 11.8. The largest absolute Gasteiger partial charge is 0.494 e. The van der Waals surface area contributed by atoms with Crippen molar-refractivity contribution in [3.8, 4) is 11.4 Å². The molecular formula is C25H24N8O4. The fourth-order valence-corrected chi connectivity index (χ4v) is 4.11. The second-order valence-corrected chi connectivity index (χ2v) is 8.29. The molecular weight excluding hydrogens is 476 g/mol. The molecule has 12 nitrogen and oxygen atoms in total. The van der Waals surface area contributed by atoms with Crippen LogP contribution in [0.4, 0.5) is 11.5 Å². The lowest BCUT2D eigenvalue weighted by Crippen LogP contribution is -2.48. The highest BCUT2D eigenvalue weighted by Gasteiger charge is 2.24. The van der Waals surface area contributed by atoms with E-state index in [2.05, 4.69) is 25.2 Å². The molecule has 0 radical (unpaired) electrons. The van der Waals surface area contributed by atoms with E-state index in [0.717, 1.165) is 17.0 Å². The lowest BCUT2D eigenvalue weighted by molar-refractivity contribution is -0.384. The average molecular weight is 501 g/mol. The van der Waals surface area contributed by atoms with Crippen LogP contribution >= 0.6 is 0 Å². The zero-order valence-electron chi connectivity index (χ0n) is 20.1. The Kier molecular flexibility index (Phi) is 6.70. The first-order valence-corrected chi connectivity index (χ1v) is 11.8. The van der Waals surface area contributed by atoms with Gasteiger partial charge in [-0.3, -0.25) is 14.9 Å². The quantitative estimate of drug-likeness (QED) is 0.213. The highest BCUT2D eigenvalue weighted by molar-refractivity contribution is 5.92. The number of benzene rings is 2. The molecule has 0 bridgehead atoms. The van der Waals surface area contributed by atoms with Crippen LogP contribution in [0.2, 0.25) is 0 Å². The number of carbonyl (C=O) groups is 1. The molecule has 0 aliphatic carbocycles. The van der Waals surface area contributed by atoms with Gasteiger partial charge < -0.3 is 14.5 Å². The van der Waals surface area contributed by atoms with Crippen molar-refractivity contribution in [1.82, 2.24) is 29.9 Å². The van der Waals surface area contributed by atoms with Crippen molar-refractivity contribution >= 4 is 34.7 Å². The molecule has 1 aliphatic heterocycles. The Hall–Kier alpha value is -4.87. The van der Waals surface area contributed by atoms with E-state index in [4.69, 9.17) is 4.74 Å². The fourth-order valence-electron chi connectivity index (χ4n) is 4.11. The number of ether oxygens (including phenoxy) is 1. The average Bonchev–Trinajstić information content (AvgIpc) is 3.37. The minimum atomic E-state index is -0.454. The highest BCUT2D eigenvalue weighted by Crippen LogP contribution is 2.24. The molecule has 0 spiro atoms. The van der Waals surface area contributed by atoms with Gasteiger partial charge in [0.1, 0.15) is 12.1 Å². The van der Waals surface area contributed by atoms with Gasteiger partial charge in [0, 0.05) is 44.4 Å². The zero-order chi connectivity index (χ0) is 25.8. The van der Waals surface area contributed by atoms with Crippen molar-refractivity contribution < 1.29 is 14.5 Å². The van der Waals surface area contributed by atoms with Crippen molar-refractivity contribution in [1.29, 1.82) is 0 Å². The Morgan fingerprint density at radius 3 is 2.46 bits per heavy atom. The predicted octanol–water partition coefficient (Wildman–Crippen LogP) is 2.88. The number of rotatable bonds is 7. The van der Waals surface area contributed by atoms with Crippen LogP contribution in [0, 0.1) is 10.1 Å². The van der Waals surface area contributed by atoms with Crippen LogP contribution in [-0.2, 0) is 4.79 Å². The molecule has 2 aromatic heterocycles. The van der Waals surface area contributed by atoms with Gasteiger partial charge in [-0.05, 0) is 55.0 Å². The van der Waals surface area contributed by atoms with Gasteiger partial charge in [-0.15, -0.1) is 5.10 Å². The minimum absolute atomic E-state index is 0.0120. The maximum atomic E-state index is 12.7. The molecule has 2 aromatic carbocycles. The van der Waals surface area contributed by atoms with Gasteiger partial charge in [-0.25, -0.2) is 9.97 Å². The number of anilines is 1. The Balaban J connectivity index is 1.25. The van der Waals surface area contributed by atoms with Crippen molar-refractivity contribution in [2.24, 2.45) is 0 Å². The van der Waals surface area contributed by atoms with Crippen LogP contribution in [0.5, 0.6) is 5.75 Å². The van der Waals surface area contributed by atoms with E-state index in [1.165, 1.54) is 24.5 Å². The third-order valence-electron chi connectivity index (χ3n) is 6.02. The number of fused-ring (bicyclic) bond motifs is 1. The van der Waals surface area contributed by atoms with Gasteiger partial charge in [0.15, 0.2) is 17.0 Å². The van der Waals surface area contributed by atoms with Crippen LogP contribution < -0.4 is 9.64 Å². The van der Waals surface area contributed by atoms with Crippen LogP contribution in [0.3, 0.4) is 0 Å². The molecule has 37 heavy (non-hydrogen) atoms. The molecule has 3 heterocycles. The molecule has 1 aliphatic rings. The summed E-state index contributed by atoms with van der Waals surface area (Å²) in [5, 5.41) is 19.4. The first kappa shape index (κ1) is 23.9. The summed E-state index contributed by atoms with van der Waals surface area (Å²) in [5.74, 6) is 1.34. The smallest absolute Gasteiger partial charge is 0.269 e. The number of hydrogen-bond acceptors (Lipinski definition) is 9. The van der Waals surface area contributed by atoms with Crippen molar-refractivity contribution in [3.05, 3.63) is 76.6 Å². The normalized spacial score (nSPS) is 13.9. The van der Waals surface area contributed by atoms with E-state index in [1.54, 1.807) is 27.8 Å². The number of aromatic nitrogens is 5. The summed E-state index contributed by atoms with van der Waals surface area (Å²) < 4.78 is 7.17. The maximum Gasteiger partial charge on any atom is 0.269 e. The van der Waals surface area contributed by atoms with E-state index in [1.807, 2.05) is 31.2 Å². The molecule has 188 valence electrons. The number of hydrogen-bond donors (Lipinski definition) is 0. The number of non-ortho nitro benzene ring substituents is 1. The number of nitro benzene ring substituents is 1. The first-order chi connectivity index (χ1) is 18.0. The molecule has 0 N–H and O–H groups in total. The number of piperazine rings is 1. The monoisotopic (exact) mass is 500 g/mol. The van der Waals surface area contributed by atoms with Crippen molar-refractivity contribution in [2.75, 3.05) is 37.7 Å². The number of nitrogens with zero attached hydrogens (tertiary/aromatic N) is 8. The third-order valence-corrected chi connectivity index (χ3v) is 6.02. The third kappa shape index (κ3) is 5.08. The maximum absolute atomic E-state index is 12.7. The van der Waals surface area contributed by atoms with E-state index < -0.39 is 4.92 Å². The number of amides is 1. The molecule has 4 aromatic rings. The Morgan fingerprint density at radius 1 is 1.05 bits per heavy atom. The second-order valence-electron chi connectivity index (χ2n) is 8.29. The highest BCUT2D eigenvalue weighted by atomic mass is 16.6. The van der Waals surface area contributed by atoms with Crippen LogP contribution in [0.15, 0.2) is 60.9 Å². The molecule has 1 fully saturated rings. The van der Waals surface area contributed by atoms with E-state index in [-0.39, 0.29) is 11.6 Å². The summed E-state index contributed by atoms with van der Waals surface area (Å²) in [4.78, 5) is 35.7. The van der Waals surface area contributed by atoms with E-state index in [0.29, 0.717) is 49.8 Å². The van der Waals surface area contributed by atoms with Gasteiger partial charge in [0.05, 0.1) is 17.2 Å². The molecule has 0 unspecified atom stereocenters. The fraction of sp³-hybridized carbons (Fsp3) is 0.240. The Labute approximate surface area is 211 Å². The number of carbonyl (C=O) groups excluding carboxylic acids is 1. The Morgan fingerprint density at radius 2 is 1.78 bits per heavy atom. The summed E-state index contributed by atoms with van der Waals surface area (Å²) >= 11 is 0. The van der Waals surface area contributed by atoms with Crippen molar-refractivity contribution in [2.45, 2.75) is 6.92 Å². The standard InChI is InChI=1S/C25H24N8O4/c1-2-37-21-10-8-19(9-11-21)32-25-23(28-29-32)24(26-17-27-25)31-15-13-30(14-16-31)22(34)12-5-18-3-6-20(7-4-18)33(35)36/h3-12,17H,2,13-16H2,1H3/b12-5+. The summed E-state index contributed by atoms with van der Waals surface area (Å²) in [7, 11) is 0. The molecule has 0 atom stereocenters. The molecule has 5 rings (SSSR count). The van der Waals surface area contributed by atoms with Crippen molar-refractivity contribution in [3.63, 3.8) is 0 Å². The summed E-state index contributed by atoms with van der Waals surface area (Å²) in [6, 6.07) is 13.6. The zero-order valence-corrected chi connectivity index (χ0v) is 20.1. The summed E-state index contributed by atoms with van der Waals surface area (Å²) in [5.41, 5.74) is 2.73. The number of nitro groups is 1. The van der Waals surface area contributed by atoms with Gasteiger partial charge in [0.25, 0.3) is 5.69 Å². The summed E-state index contributed by atoms with van der Waals surface area (Å²) in [6.45, 7) is 4.73. The topological polar surface area (TPSA) is 132 Å². The second kappa shape index (κ2) is 10.4. The van der Waals surface area contributed by atoms with Crippen LogP contribution in [-0.4, -0.2) is 73.5 Å². The van der Waals surface area contributed by atoms with Gasteiger partial charge in [-0.1, -0.05) is 5.21 Å². The van der Waals surface area contributed by atoms with Gasteiger partial charge in [0.2, 0.25) is 5.91 Å². The molecule has 1 saturated heterocycles. The van der Waals surface area contributed by atoms with E-state index in [9.17, 15) is 14.9 Å². The molecule has 12 heteroatoms. The minimum Gasteiger partial charge on any atom is -0.494 e. The van der Waals surface area contributed by atoms with Gasteiger partial charge in [-0.2, -0.15) is 4.68 Å². The molecule has 1 amide bonds. The molecule has 0 saturated carbocycles. The van der Waals surface area contributed by atoms with Crippen LogP contribution in [0.1, 0.15) is 12.5 Å². The SMILES string of the molecule is CCOc1ccc(-n2nnc3c(N4CCN(C(=O)/C=C/c5ccc([N+](=O)[O-])cc5)CC4)ncnc32)cc1. The summed E-state index contributed by atoms with van der Waals surface area (Å²) in [6.07, 6.45) is 4.64. The van der Waals surface area contributed by atoms with Crippen LogP contribution in [0.25, 0.3) is 22.9 Å². The lowest BCUT2D eigenvalue weighted by atomic mass is 10.2. The lowest BCUT2D eigenvalue weighted by Gasteiger charge is -2.34. The van der Waals surface area contributed by atoms with E-state index >= 15 is 0 Å². The Bertz CT molecular complexity index is 1440.